The van der Waals surface area contributed by atoms with Gasteiger partial charge in [0.1, 0.15) is 5.75 Å². The summed E-state index contributed by atoms with van der Waals surface area (Å²) >= 11 is 0. The van der Waals surface area contributed by atoms with Crippen LogP contribution in [0.1, 0.15) is 17.5 Å². The summed E-state index contributed by atoms with van der Waals surface area (Å²) in [6.45, 7) is 5.82. The minimum atomic E-state index is 0.611. The molecule has 0 amide bonds. The topological polar surface area (TPSA) is 46.1 Å². The highest BCUT2D eigenvalue weighted by molar-refractivity contribution is 5.80. The first-order valence-corrected chi connectivity index (χ1v) is 8.26. The second kappa shape index (κ2) is 8.77. The van der Waals surface area contributed by atoms with Crippen LogP contribution < -0.4 is 10.1 Å². The molecule has 1 heterocycles. The van der Waals surface area contributed by atoms with Crippen LogP contribution in [0.4, 0.5) is 0 Å². The van der Waals surface area contributed by atoms with E-state index in [-0.39, 0.29) is 0 Å². The first-order chi connectivity index (χ1) is 11.2. The van der Waals surface area contributed by atoms with Crippen LogP contribution in [0.2, 0.25) is 0 Å². The summed E-state index contributed by atoms with van der Waals surface area (Å²) in [5.74, 6) is 2.55. The molecule has 5 heteroatoms. The molecule has 128 valence electrons. The number of aryl methyl sites for hydroxylation is 1. The molecule has 0 bridgehead atoms. The number of methoxy groups -OCH3 is 2. The van der Waals surface area contributed by atoms with E-state index in [2.05, 4.69) is 40.3 Å². The molecule has 0 spiro atoms. The fourth-order valence-electron chi connectivity index (χ4n) is 3.07. The maximum Gasteiger partial charge on any atom is 0.193 e. The van der Waals surface area contributed by atoms with Crippen LogP contribution in [0.15, 0.2) is 23.2 Å². The van der Waals surface area contributed by atoms with E-state index in [9.17, 15) is 0 Å². The highest BCUT2D eigenvalue weighted by Gasteiger charge is 2.24. The van der Waals surface area contributed by atoms with Crippen molar-refractivity contribution in [2.24, 2.45) is 10.9 Å². The fraction of sp³-hybridized carbons (Fsp3) is 0.611. The van der Waals surface area contributed by atoms with Gasteiger partial charge in [0.2, 0.25) is 0 Å². The predicted octanol–water partition coefficient (Wildman–Crippen LogP) is 2.09. The van der Waals surface area contributed by atoms with E-state index in [1.54, 1.807) is 14.2 Å². The molecule has 1 aliphatic rings. The van der Waals surface area contributed by atoms with E-state index in [0.29, 0.717) is 5.92 Å². The molecule has 1 N–H and O–H groups in total. The highest BCUT2D eigenvalue weighted by atomic mass is 16.5. The van der Waals surface area contributed by atoms with Crippen molar-refractivity contribution in [3.05, 3.63) is 29.3 Å². The summed E-state index contributed by atoms with van der Waals surface area (Å²) < 4.78 is 10.6. The maximum atomic E-state index is 5.39. The molecule has 1 unspecified atom stereocenters. The minimum Gasteiger partial charge on any atom is -0.496 e. The number of hydrogen-bond donors (Lipinski definition) is 1. The Hall–Kier alpha value is -1.75. The molecule has 0 aliphatic carbocycles. The zero-order valence-electron chi connectivity index (χ0n) is 14.8. The summed E-state index contributed by atoms with van der Waals surface area (Å²) in [7, 11) is 5.34. The molecule has 1 fully saturated rings. The third kappa shape index (κ3) is 4.86. The Balaban J connectivity index is 1.82. The van der Waals surface area contributed by atoms with Crippen molar-refractivity contribution in [3.8, 4) is 5.75 Å². The molecule has 1 saturated heterocycles. The lowest BCUT2D eigenvalue weighted by molar-refractivity contribution is 0.157. The average Bonchev–Trinajstić information content (AvgIpc) is 3.02. The van der Waals surface area contributed by atoms with E-state index in [1.165, 1.54) is 17.5 Å². The number of likely N-dealkylation sites (tertiary alicyclic amines) is 1. The van der Waals surface area contributed by atoms with E-state index < -0.39 is 0 Å². The molecule has 1 aliphatic heterocycles. The van der Waals surface area contributed by atoms with Crippen molar-refractivity contribution >= 4 is 5.96 Å². The number of ether oxygens (including phenoxy) is 2. The molecule has 1 aromatic rings. The molecular formula is C18H29N3O2. The second-order valence-electron chi connectivity index (χ2n) is 6.08. The number of rotatable bonds is 6. The molecule has 1 aromatic carbocycles. The molecule has 0 aromatic heterocycles. The Kier molecular flexibility index (Phi) is 6.71. The predicted molar refractivity (Wildman–Crippen MR) is 94.4 cm³/mol. The van der Waals surface area contributed by atoms with E-state index >= 15 is 0 Å². The Morgan fingerprint density at radius 1 is 1.39 bits per heavy atom. The van der Waals surface area contributed by atoms with Gasteiger partial charge < -0.3 is 19.7 Å². The SMILES string of the molecule is CN=C(NCCc1ccc(C)c(OC)c1)N1CCC(COC)C1. The standard InChI is InChI=1S/C18H29N3O2/c1-14-5-6-15(11-17(14)23-4)7-9-20-18(19-2)21-10-8-16(12-21)13-22-3/h5-6,11,16H,7-10,12-13H2,1-4H3,(H,19,20). The van der Waals surface area contributed by atoms with Gasteiger partial charge in [0.15, 0.2) is 5.96 Å². The van der Waals surface area contributed by atoms with Crippen molar-refractivity contribution in [2.75, 3.05) is 47.5 Å². The molecular weight excluding hydrogens is 290 g/mol. The average molecular weight is 319 g/mol. The van der Waals surface area contributed by atoms with Crippen molar-refractivity contribution < 1.29 is 9.47 Å². The Morgan fingerprint density at radius 3 is 2.91 bits per heavy atom. The van der Waals surface area contributed by atoms with Gasteiger partial charge in [0.25, 0.3) is 0 Å². The van der Waals surface area contributed by atoms with Gasteiger partial charge in [-0.3, -0.25) is 4.99 Å². The van der Waals surface area contributed by atoms with Crippen LogP contribution in [-0.4, -0.2) is 58.4 Å². The van der Waals surface area contributed by atoms with Crippen LogP contribution in [0.3, 0.4) is 0 Å². The van der Waals surface area contributed by atoms with E-state index in [4.69, 9.17) is 9.47 Å². The monoisotopic (exact) mass is 319 g/mol. The van der Waals surface area contributed by atoms with E-state index in [0.717, 1.165) is 44.4 Å². The van der Waals surface area contributed by atoms with Gasteiger partial charge in [-0.1, -0.05) is 12.1 Å². The number of aliphatic imine (C=N–C) groups is 1. The normalized spacial score (nSPS) is 18.3. The second-order valence-corrected chi connectivity index (χ2v) is 6.08. The van der Waals surface area contributed by atoms with Gasteiger partial charge in [0.05, 0.1) is 13.7 Å². The van der Waals surface area contributed by atoms with Crippen LogP contribution in [0, 0.1) is 12.8 Å². The van der Waals surface area contributed by atoms with Crippen LogP contribution in [-0.2, 0) is 11.2 Å². The van der Waals surface area contributed by atoms with Gasteiger partial charge in [0, 0.05) is 39.7 Å². The summed E-state index contributed by atoms with van der Waals surface area (Å²) in [5, 5.41) is 3.47. The van der Waals surface area contributed by atoms with Crippen molar-refractivity contribution in [1.82, 2.24) is 10.2 Å². The Labute approximate surface area is 139 Å². The number of hydrogen-bond acceptors (Lipinski definition) is 3. The molecule has 0 radical (unpaired) electrons. The van der Waals surface area contributed by atoms with Gasteiger partial charge in [-0.2, -0.15) is 0 Å². The van der Waals surface area contributed by atoms with Crippen LogP contribution in [0.25, 0.3) is 0 Å². The van der Waals surface area contributed by atoms with Crippen molar-refractivity contribution in [2.45, 2.75) is 19.8 Å². The molecule has 23 heavy (non-hydrogen) atoms. The highest BCUT2D eigenvalue weighted by Crippen LogP contribution is 2.19. The van der Waals surface area contributed by atoms with Gasteiger partial charge in [-0.05, 0) is 37.0 Å². The lowest BCUT2D eigenvalue weighted by Crippen LogP contribution is -2.41. The molecule has 5 nitrogen and oxygen atoms in total. The lowest BCUT2D eigenvalue weighted by Gasteiger charge is -2.21. The quantitative estimate of drug-likeness (QED) is 0.644. The maximum absolute atomic E-state index is 5.39. The zero-order chi connectivity index (χ0) is 16.7. The van der Waals surface area contributed by atoms with Crippen LogP contribution in [0.5, 0.6) is 5.75 Å². The third-order valence-corrected chi connectivity index (χ3v) is 4.37. The summed E-state index contributed by atoms with van der Waals surface area (Å²) in [5.41, 5.74) is 2.44. The molecule has 0 saturated carbocycles. The molecule has 1 atom stereocenters. The van der Waals surface area contributed by atoms with E-state index in [1.807, 2.05) is 7.05 Å². The zero-order valence-corrected chi connectivity index (χ0v) is 14.8. The fourth-order valence-corrected chi connectivity index (χ4v) is 3.07. The number of nitrogens with zero attached hydrogens (tertiary/aromatic N) is 2. The lowest BCUT2D eigenvalue weighted by atomic mass is 10.1. The smallest absolute Gasteiger partial charge is 0.193 e. The minimum absolute atomic E-state index is 0.611. The summed E-state index contributed by atoms with van der Waals surface area (Å²) in [6, 6.07) is 6.38. The first-order valence-electron chi connectivity index (χ1n) is 8.26. The van der Waals surface area contributed by atoms with Crippen molar-refractivity contribution in [1.29, 1.82) is 0 Å². The molecule has 2 rings (SSSR count). The van der Waals surface area contributed by atoms with Gasteiger partial charge in [-0.15, -0.1) is 0 Å². The summed E-state index contributed by atoms with van der Waals surface area (Å²) in [6.07, 6.45) is 2.12. The number of guanidine groups is 1. The Morgan fingerprint density at radius 2 is 2.22 bits per heavy atom. The largest absolute Gasteiger partial charge is 0.496 e. The van der Waals surface area contributed by atoms with Gasteiger partial charge >= 0.3 is 0 Å². The van der Waals surface area contributed by atoms with Gasteiger partial charge in [-0.25, -0.2) is 0 Å². The number of nitrogens with one attached hydrogen (secondary N) is 1. The number of benzene rings is 1. The Bertz CT molecular complexity index is 531. The van der Waals surface area contributed by atoms with Crippen molar-refractivity contribution in [3.63, 3.8) is 0 Å². The first kappa shape index (κ1) is 17.6. The van der Waals surface area contributed by atoms with Crippen LogP contribution >= 0.6 is 0 Å². The third-order valence-electron chi connectivity index (χ3n) is 4.37. The summed E-state index contributed by atoms with van der Waals surface area (Å²) in [4.78, 5) is 6.73.